The summed E-state index contributed by atoms with van der Waals surface area (Å²) in [5, 5.41) is 0. The van der Waals surface area contributed by atoms with E-state index in [1.807, 2.05) is 0 Å². The van der Waals surface area contributed by atoms with E-state index in [2.05, 4.69) is 20.8 Å². The van der Waals surface area contributed by atoms with Crippen LogP contribution in [0.15, 0.2) is 0 Å². The molecule has 35 heavy (non-hydrogen) atoms. The van der Waals surface area contributed by atoms with E-state index in [9.17, 15) is 9.59 Å². The highest BCUT2D eigenvalue weighted by Crippen LogP contribution is 2.70. The van der Waals surface area contributed by atoms with E-state index in [0.717, 1.165) is 49.9 Å². The normalized spacial score (nSPS) is 59.8. The van der Waals surface area contributed by atoms with E-state index in [4.69, 9.17) is 9.47 Å². The molecule has 0 N–H and O–H groups in total. The predicted octanol–water partition coefficient (Wildman–Crippen LogP) is 6.02. The number of fused-ring (bicyclic) bond motifs is 9. The molecule has 0 radical (unpaired) electrons. The third kappa shape index (κ3) is 2.66. The second-order valence-corrected chi connectivity index (χ2v) is 14.7. The number of rotatable bonds is 6. The third-order valence-electron chi connectivity index (χ3n) is 14.0. The molecular formula is C31H44O4. The SMILES string of the molecule is CCC1(C(=O)OC2CC3CC2C2C4CC(CC4C(=O)OC4(CC)C5CC6CC(C5)C4C6)C32)CC1C. The summed E-state index contributed by atoms with van der Waals surface area (Å²) in [6.45, 7) is 6.61. The molecule has 15 atom stereocenters. The summed E-state index contributed by atoms with van der Waals surface area (Å²) >= 11 is 0. The Labute approximate surface area is 210 Å². The zero-order valence-corrected chi connectivity index (χ0v) is 21.9. The Hall–Kier alpha value is -1.06. The molecule has 9 rings (SSSR count). The lowest BCUT2D eigenvalue weighted by Crippen LogP contribution is -2.49. The Morgan fingerprint density at radius 1 is 0.829 bits per heavy atom. The van der Waals surface area contributed by atoms with Gasteiger partial charge in [-0.1, -0.05) is 20.8 Å². The van der Waals surface area contributed by atoms with Crippen molar-refractivity contribution in [2.75, 3.05) is 0 Å². The average Bonchev–Trinajstić information content (AvgIpc) is 3.46. The van der Waals surface area contributed by atoms with Crippen molar-refractivity contribution < 1.29 is 19.1 Å². The minimum Gasteiger partial charge on any atom is -0.462 e. The molecule has 0 heterocycles. The largest absolute Gasteiger partial charge is 0.462 e. The van der Waals surface area contributed by atoms with Gasteiger partial charge in [0.1, 0.15) is 11.7 Å². The molecule has 9 saturated carbocycles. The van der Waals surface area contributed by atoms with E-state index in [1.165, 1.54) is 38.5 Å². The van der Waals surface area contributed by atoms with Crippen LogP contribution in [0.4, 0.5) is 0 Å². The predicted molar refractivity (Wildman–Crippen MR) is 131 cm³/mol. The lowest BCUT2D eigenvalue weighted by Gasteiger charge is -2.45. The Kier molecular flexibility index (Phi) is 4.44. The second-order valence-electron chi connectivity index (χ2n) is 14.7. The average molecular weight is 481 g/mol. The zero-order valence-electron chi connectivity index (χ0n) is 21.9. The van der Waals surface area contributed by atoms with E-state index in [0.29, 0.717) is 47.3 Å². The molecule has 0 aliphatic heterocycles. The smallest absolute Gasteiger partial charge is 0.312 e. The molecule has 4 heteroatoms. The summed E-state index contributed by atoms with van der Waals surface area (Å²) in [7, 11) is 0. The molecule has 0 saturated heterocycles. The van der Waals surface area contributed by atoms with Crippen molar-refractivity contribution in [1.82, 2.24) is 0 Å². The van der Waals surface area contributed by atoms with Gasteiger partial charge in [0.05, 0.1) is 11.3 Å². The van der Waals surface area contributed by atoms with Gasteiger partial charge in [0.15, 0.2) is 0 Å². The van der Waals surface area contributed by atoms with Crippen molar-refractivity contribution in [3.8, 4) is 0 Å². The first-order valence-corrected chi connectivity index (χ1v) is 15.3. The van der Waals surface area contributed by atoms with Crippen LogP contribution in [0.2, 0.25) is 0 Å². The first-order chi connectivity index (χ1) is 16.9. The molecular weight excluding hydrogens is 436 g/mol. The Morgan fingerprint density at radius 3 is 2.31 bits per heavy atom. The molecule has 192 valence electrons. The molecule has 0 aromatic carbocycles. The summed E-state index contributed by atoms with van der Waals surface area (Å²) in [5.41, 5.74) is -0.352. The molecule has 4 nitrogen and oxygen atoms in total. The highest BCUT2D eigenvalue weighted by molar-refractivity contribution is 5.80. The summed E-state index contributed by atoms with van der Waals surface area (Å²) in [5.74, 6) is 7.52. The van der Waals surface area contributed by atoms with Gasteiger partial charge in [0, 0.05) is 5.92 Å². The van der Waals surface area contributed by atoms with E-state index in [1.54, 1.807) is 0 Å². The van der Waals surface area contributed by atoms with Crippen LogP contribution < -0.4 is 0 Å². The van der Waals surface area contributed by atoms with Gasteiger partial charge >= 0.3 is 11.9 Å². The van der Waals surface area contributed by atoms with Crippen LogP contribution >= 0.6 is 0 Å². The van der Waals surface area contributed by atoms with Gasteiger partial charge in [0.25, 0.3) is 0 Å². The number of esters is 2. The maximum Gasteiger partial charge on any atom is 0.312 e. The highest BCUT2D eigenvalue weighted by Gasteiger charge is 2.69. The minimum atomic E-state index is -0.198. The third-order valence-corrected chi connectivity index (χ3v) is 14.0. The molecule has 9 aliphatic rings. The topological polar surface area (TPSA) is 52.6 Å². The molecule has 9 fully saturated rings. The number of hydrogen-bond donors (Lipinski definition) is 0. The van der Waals surface area contributed by atoms with Gasteiger partial charge in [-0.3, -0.25) is 9.59 Å². The first kappa shape index (κ1) is 22.0. The summed E-state index contributed by atoms with van der Waals surface area (Å²) in [6, 6.07) is 0. The van der Waals surface area contributed by atoms with Crippen LogP contribution in [-0.2, 0) is 19.1 Å². The Bertz CT molecular complexity index is 952. The van der Waals surface area contributed by atoms with Crippen molar-refractivity contribution in [3.05, 3.63) is 0 Å². The molecule has 0 amide bonds. The second kappa shape index (κ2) is 7.07. The standard InChI is InChI=1S/C31H44O4/c1-4-30(14-15(30)3)29(33)34-25-13-19-12-23(25)27-21-10-18(26(19)27)11-22(21)28(32)35-31(5-2)20-7-16-6-17(9-20)24(31)8-16/h15-27H,4-14H2,1-3H3. The van der Waals surface area contributed by atoms with E-state index >= 15 is 0 Å². The molecule has 15 unspecified atom stereocenters. The quantitative estimate of drug-likeness (QED) is 0.345. The van der Waals surface area contributed by atoms with Crippen LogP contribution in [0.5, 0.6) is 0 Å². The molecule has 0 aromatic heterocycles. The van der Waals surface area contributed by atoms with Crippen LogP contribution in [0.3, 0.4) is 0 Å². The molecule has 0 spiro atoms. The number of carbonyl (C=O) groups is 2. The van der Waals surface area contributed by atoms with Gasteiger partial charge in [-0.25, -0.2) is 0 Å². The fraction of sp³-hybridized carbons (Fsp3) is 0.935. The van der Waals surface area contributed by atoms with Crippen molar-refractivity contribution >= 4 is 11.9 Å². The van der Waals surface area contributed by atoms with Gasteiger partial charge in [-0.05, 0) is 130 Å². The van der Waals surface area contributed by atoms with Crippen molar-refractivity contribution in [3.63, 3.8) is 0 Å². The lowest BCUT2D eigenvalue weighted by atomic mass is 9.66. The highest BCUT2D eigenvalue weighted by atomic mass is 16.6. The van der Waals surface area contributed by atoms with Crippen molar-refractivity contribution in [1.29, 1.82) is 0 Å². The summed E-state index contributed by atoms with van der Waals surface area (Å²) < 4.78 is 13.0. The summed E-state index contributed by atoms with van der Waals surface area (Å²) in [4.78, 5) is 27.0. The van der Waals surface area contributed by atoms with Crippen LogP contribution in [0, 0.1) is 76.4 Å². The number of ether oxygens (including phenoxy) is 2. The molecule has 9 aliphatic carbocycles. The Morgan fingerprint density at radius 2 is 1.60 bits per heavy atom. The molecule has 0 aromatic rings. The zero-order chi connectivity index (χ0) is 23.9. The fourth-order valence-electron chi connectivity index (χ4n) is 12.5. The first-order valence-electron chi connectivity index (χ1n) is 15.3. The van der Waals surface area contributed by atoms with Gasteiger partial charge in [0.2, 0.25) is 0 Å². The van der Waals surface area contributed by atoms with E-state index < -0.39 is 0 Å². The maximum absolute atomic E-state index is 13.9. The van der Waals surface area contributed by atoms with Crippen molar-refractivity contribution in [2.24, 2.45) is 76.4 Å². The summed E-state index contributed by atoms with van der Waals surface area (Å²) in [6.07, 6.45) is 12.9. The van der Waals surface area contributed by atoms with E-state index in [-0.39, 0.29) is 35.0 Å². The van der Waals surface area contributed by atoms with Crippen molar-refractivity contribution in [2.45, 2.75) is 103 Å². The van der Waals surface area contributed by atoms with Crippen LogP contribution in [-0.4, -0.2) is 23.6 Å². The van der Waals surface area contributed by atoms with Gasteiger partial charge < -0.3 is 9.47 Å². The van der Waals surface area contributed by atoms with Crippen LogP contribution in [0.25, 0.3) is 0 Å². The Balaban J connectivity index is 0.989. The minimum absolute atomic E-state index is 0.0803. The fourth-order valence-corrected chi connectivity index (χ4v) is 12.5. The van der Waals surface area contributed by atoms with Crippen LogP contribution in [0.1, 0.15) is 91.4 Å². The maximum atomic E-state index is 13.9. The number of carbonyl (C=O) groups excluding carboxylic acids is 2. The lowest BCUT2D eigenvalue weighted by molar-refractivity contribution is -0.184. The molecule has 8 bridgehead atoms. The monoisotopic (exact) mass is 480 g/mol. The van der Waals surface area contributed by atoms with Gasteiger partial charge in [-0.2, -0.15) is 0 Å². The number of hydrogen-bond acceptors (Lipinski definition) is 4. The van der Waals surface area contributed by atoms with Gasteiger partial charge in [-0.15, -0.1) is 0 Å².